The summed E-state index contributed by atoms with van der Waals surface area (Å²) >= 11 is 0. The van der Waals surface area contributed by atoms with Crippen LogP contribution >= 0.6 is 0 Å². The van der Waals surface area contributed by atoms with E-state index < -0.39 is 23.4 Å². The van der Waals surface area contributed by atoms with Crippen LogP contribution in [0.4, 0.5) is 0 Å². The minimum Gasteiger partial charge on any atom is -0.508 e. The van der Waals surface area contributed by atoms with Crippen molar-refractivity contribution in [2.24, 2.45) is 0 Å². The molecule has 0 amide bonds. The summed E-state index contributed by atoms with van der Waals surface area (Å²) < 4.78 is 35.6. The zero-order valence-corrected chi connectivity index (χ0v) is 21.8. The Hall–Kier alpha value is -4.41. The van der Waals surface area contributed by atoms with Crippen LogP contribution in [0.2, 0.25) is 0 Å². The van der Waals surface area contributed by atoms with Crippen LogP contribution < -0.4 is 19.6 Å². The van der Waals surface area contributed by atoms with E-state index in [9.17, 15) is 20.1 Å². The van der Waals surface area contributed by atoms with Gasteiger partial charge in [-0.05, 0) is 43.7 Å². The van der Waals surface area contributed by atoms with Crippen molar-refractivity contribution in [3.63, 3.8) is 0 Å². The maximum atomic E-state index is 12.8. The monoisotopic (exact) mass is 536 g/mol. The number of ether oxygens (including phenoxy) is 5. The molecular weight excluding hydrogens is 508 g/mol. The van der Waals surface area contributed by atoms with Gasteiger partial charge in [0.15, 0.2) is 28.8 Å². The van der Waals surface area contributed by atoms with Crippen LogP contribution in [0, 0.1) is 0 Å². The van der Waals surface area contributed by atoms with E-state index in [1.165, 1.54) is 26.4 Å². The Bertz CT molecular complexity index is 1550. The number of benzene rings is 3. The van der Waals surface area contributed by atoms with Gasteiger partial charge in [0, 0.05) is 23.8 Å². The second kappa shape index (κ2) is 10.0. The predicted octanol–water partition coefficient (Wildman–Crippen LogP) is 4.87. The molecule has 0 saturated carbocycles. The van der Waals surface area contributed by atoms with Crippen molar-refractivity contribution in [3.05, 3.63) is 70.4 Å². The lowest BCUT2D eigenvalue weighted by Crippen LogP contribution is -2.46. The van der Waals surface area contributed by atoms with Crippen molar-refractivity contribution in [2.45, 2.75) is 31.8 Å². The van der Waals surface area contributed by atoms with Gasteiger partial charge in [-0.3, -0.25) is 4.79 Å². The number of phenols is 3. The summed E-state index contributed by atoms with van der Waals surface area (Å²) in [6, 6.07) is 13.5. The lowest BCUT2D eigenvalue weighted by Gasteiger charge is -2.41. The molecule has 1 saturated heterocycles. The van der Waals surface area contributed by atoms with E-state index in [-0.39, 0.29) is 46.3 Å². The van der Waals surface area contributed by atoms with E-state index in [1.807, 2.05) is 13.8 Å². The number of methoxy groups -OCH3 is 2. The molecule has 1 aromatic heterocycles. The number of phenolic OH excluding ortho intramolecular Hbond substituents is 3. The number of rotatable bonds is 6. The van der Waals surface area contributed by atoms with Crippen molar-refractivity contribution >= 4 is 11.0 Å². The van der Waals surface area contributed by atoms with Gasteiger partial charge in [-0.1, -0.05) is 12.1 Å². The third-order valence-corrected chi connectivity index (χ3v) is 6.37. The zero-order valence-electron chi connectivity index (χ0n) is 21.8. The van der Waals surface area contributed by atoms with Crippen molar-refractivity contribution in [1.29, 1.82) is 0 Å². The first-order valence-corrected chi connectivity index (χ1v) is 12.1. The van der Waals surface area contributed by atoms with Crippen molar-refractivity contribution in [1.82, 2.24) is 0 Å². The van der Waals surface area contributed by atoms with Gasteiger partial charge in [-0.2, -0.15) is 0 Å². The second-order valence-electron chi connectivity index (χ2n) is 9.52. The van der Waals surface area contributed by atoms with Crippen LogP contribution in [0.5, 0.6) is 34.5 Å². The molecule has 0 aliphatic carbocycles. The Morgan fingerprint density at radius 3 is 2.21 bits per heavy atom. The Morgan fingerprint density at radius 2 is 1.56 bits per heavy atom. The molecule has 0 radical (unpaired) electrons. The maximum Gasteiger partial charge on any atom is 0.204 e. The van der Waals surface area contributed by atoms with Crippen LogP contribution in [0.15, 0.2) is 63.8 Å². The molecule has 1 aliphatic rings. The Balaban J connectivity index is 1.55. The highest BCUT2D eigenvalue weighted by molar-refractivity contribution is 5.86. The van der Waals surface area contributed by atoms with E-state index >= 15 is 0 Å². The predicted molar refractivity (Wildman–Crippen MR) is 141 cm³/mol. The highest BCUT2D eigenvalue weighted by atomic mass is 16.7. The third kappa shape index (κ3) is 5.16. The Labute approximate surface area is 223 Å². The first-order valence-electron chi connectivity index (χ1n) is 12.1. The largest absolute Gasteiger partial charge is 0.508 e. The summed E-state index contributed by atoms with van der Waals surface area (Å²) in [5.41, 5.74) is 0.750. The van der Waals surface area contributed by atoms with E-state index in [0.29, 0.717) is 17.1 Å². The van der Waals surface area contributed by atoms with Gasteiger partial charge in [0.1, 0.15) is 40.1 Å². The SMILES string of the molecule is COc1cc(-c2cc(=O)c3c(O)cc(O)cc3o2)cc(OC)c1O[C@H]1COC(C)(C)O[C@H]1c1ccc(O)cc1. The van der Waals surface area contributed by atoms with Crippen LogP contribution in [0.1, 0.15) is 25.5 Å². The molecule has 0 unspecified atom stereocenters. The summed E-state index contributed by atoms with van der Waals surface area (Å²) in [5, 5.41) is 29.6. The van der Waals surface area contributed by atoms with Gasteiger partial charge in [0.2, 0.25) is 5.75 Å². The van der Waals surface area contributed by atoms with Crippen LogP contribution in [0.3, 0.4) is 0 Å². The zero-order chi connectivity index (χ0) is 27.9. The fourth-order valence-electron chi connectivity index (χ4n) is 4.51. The highest BCUT2D eigenvalue weighted by Crippen LogP contribution is 2.45. The molecule has 10 nitrogen and oxygen atoms in total. The fourth-order valence-corrected chi connectivity index (χ4v) is 4.51. The van der Waals surface area contributed by atoms with Crippen molar-refractivity contribution in [2.75, 3.05) is 20.8 Å². The van der Waals surface area contributed by atoms with E-state index in [1.54, 1.807) is 36.4 Å². The molecule has 0 bridgehead atoms. The number of hydrogen-bond donors (Lipinski definition) is 3. The molecule has 0 spiro atoms. The van der Waals surface area contributed by atoms with E-state index in [4.69, 9.17) is 28.1 Å². The summed E-state index contributed by atoms with van der Waals surface area (Å²) in [7, 11) is 2.93. The molecule has 1 fully saturated rings. The van der Waals surface area contributed by atoms with Gasteiger partial charge < -0.3 is 43.4 Å². The molecule has 4 aromatic rings. The van der Waals surface area contributed by atoms with Gasteiger partial charge in [-0.15, -0.1) is 0 Å². The Kier molecular flexibility index (Phi) is 6.75. The molecule has 2 atom stereocenters. The smallest absolute Gasteiger partial charge is 0.204 e. The average molecular weight is 537 g/mol. The van der Waals surface area contributed by atoms with Crippen molar-refractivity contribution < 1.29 is 43.4 Å². The molecule has 204 valence electrons. The maximum absolute atomic E-state index is 12.8. The molecule has 2 heterocycles. The molecule has 3 aromatic carbocycles. The number of hydrogen-bond acceptors (Lipinski definition) is 10. The van der Waals surface area contributed by atoms with Gasteiger partial charge >= 0.3 is 0 Å². The minimum atomic E-state index is -0.864. The summed E-state index contributed by atoms with van der Waals surface area (Å²) in [6.07, 6.45) is -1.15. The summed E-state index contributed by atoms with van der Waals surface area (Å²) in [6.45, 7) is 3.81. The topological polar surface area (TPSA) is 137 Å². The molecule has 1 aliphatic heterocycles. The lowest BCUT2D eigenvalue weighted by molar-refractivity contribution is -0.302. The number of aromatic hydroxyl groups is 3. The molecular formula is C29H28O10. The summed E-state index contributed by atoms with van der Waals surface area (Å²) in [5.74, 6) is -0.337. The lowest BCUT2D eigenvalue weighted by atomic mass is 10.0. The van der Waals surface area contributed by atoms with Crippen molar-refractivity contribution in [3.8, 4) is 45.8 Å². The third-order valence-electron chi connectivity index (χ3n) is 6.37. The molecule has 10 heteroatoms. The first kappa shape index (κ1) is 26.2. The average Bonchev–Trinajstić information content (AvgIpc) is 2.89. The van der Waals surface area contributed by atoms with Crippen LogP contribution in [-0.2, 0) is 9.47 Å². The quantitative estimate of drug-likeness (QED) is 0.313. The van der Waals surface area contributed by atoms with Gasteiger partial charge in [0.05, 0.1) is 20.8 Å². The van der Waals surface area contributed by atoms with Gasteiger partial charge in [-0.25, -0.2) is 0 Å². The first-order chi connectivity index (χ1) is 18.6. The highest BCUT2D eigenvalue weighted by Gasteiger charge is 2.40. The van der Waals surface area contributed by atoms with Crippen LogP contribution in [-0.4, -0.2) is 48.0 Å². The Morgan fingerprint density at radius 1 is 0.897 bits per heavy atom. The van der Waals surface area contributed by atoms with E-state index in [0.717, 1.165) is 11.6 Å². The molecule has 3 N–H and O–H groups in total. The standard InChI is InChI=1S/C29H28O10/c1-29(2)36-14-25(27(39-29)15-5-7-17(30)8-6-15)38-28-23(34-3)9-16(10-24(28)35-4)21-13-20(33)26-19(32)11-18(31)12-22(26)37-21/h5-13,25,27,30-32H,14H2,1-4H3/t25-,27-/m0/s1. The molecule has 5 rings (SSSR count). The summed E-state index contributed by atoms with van der Waals surface area (Å²) in [4.78, 5) is 12.8. The molecule has 39 heavy (non-hydrogen) atoms. The minimum absolute atomic E-state index is 0.0177. The fraction of sp³-hybridized carbons (Fsp3) is 0.276. The van der Waals surface area contributed by atoms with E-state index in [2.05, 4.69) is 0 Å². The van der Waals surface area contributed by atoms with Gasteiger partial charge in [0.25, 0.3) is 0 Å². The second-order valence-corrected chi connectivity index (χ2v) is 9.52. The van der Waals surface area contributed by atoms with Crippen LogP contribution in [0.25, 0.3) is 22.3 Å². The number of fused-ring (bicyclic) bond motifs is 1. The normalized spacial score (nSPS) is 18.6.